The van der Waals surface area contributed by atoms with Gasteiger partial charge in [0, 0.05) is 37.9 Å². The third kappa shape index (κ3) is 6.79. The van der Waals surface area contributed by atoms with Crippen LogP contribution in [0.2, 0.25) is 0 Å². The number of ether oxygens (including phenoxy) is 4. The van der Waals surface area contributed by atoms with Crippen LogP contribution in [-0.4, -0.2) is 93.0 Å². The Balaban J connectivity index is 1.40. The van der Waals surface area contributed by atoms with Crippen molar-refractivity contribution in [3.8, 4) is 0 Å². The second-order valence-corrected chi connectivity index (χ2v) is 10.9. The maximum absolute atomic E-state index is 13.7. The molecule has 2 N–H and O–H groups in total. The highest BCUT2D eigenvalue weighted by Gasteiger charge is 2.51. The van der Waals surface area contributed by atoms with Crippen LogP contribution in [0.3, 0.4) is 0 Å². The number of aliphatic hydroxyl groups excluding tert-OH is 1. The largest absolute Gasteiger partial charge is 0.459 e. The summed E-state index contributed by atoms with van der Waals surface area (Å²) in [5.74, 6) is 0.616. The first-order valence-electron chi connectivity index (χ1n) is 14.6. The fourth-order valence-corrected chi connectivity index (χ4v) is 6.06. The van der Waals surface area contributed by atoms with Crippen molar-refractivity contribution in [3.05, 3.63) is 42.2 Å². The molecular weight excluding hydrogens is 514 g/mol. The predicted molar refractivity (Wildman–Crippen MR) is 150 cm³/mol. The van der Waals surface area contributed by atoms with E-state index in [2.05, 4.69) is 24.1 Å². The van der Waals surface area contributed by atoms with Gasteiger partial charge in [-0.3, -0.25) is 9.59 Å². The quantitative estimate of drug-likeness (QED) is 0.355. The van der Waals surface area contributed by atoms with E-state index in [-0.39, 0.29) is 36.2 Å². The van der Waals surface area contributed by atoms with Crippen molar-refractivity contribution < 1.29 is 33.6 Å². The van der Waals surface area contributed by atoms with Crippen LogP contribution >= 0.6 is 0 Å². The number of carbonyl (C=O) groups is 2. The van der Waals surface area contributed by atoms with Gasteiger partial charge in [0.1, 0.15) is 5.54 Å². The number of allylic oxidation sites excluding steroid dienone is 1. The minimum absolute atomic E-state index is 0.00132. The molecule has 0 saturated carbocycles. The van der Waals surface area contributed by atoms with Gasteiger partial charge in [-0.05, 0) is 56.2 Å². The number of nitrogens with zero attached hydrogens (tertiary/aromatic N) is 2. The standard InChI is InChI=1S/C30H45N3O7/c1-4-39-28-24(10-16-37-18-19-38-17-15-34)25(22(2)3)20-26(40-28)27(35)32-13-11-30(12-14-32)29(36)31-21-33(30)23-8-6-5-7-9-23/h5-9,20,22,24-25,28,34H,4,10-19,21H2,1-3H3,(H,31,36)/t24-,25+,28+/m1/s1. The van der Waals surface area contributed by atoms with Crippen LogP contribution < -0.4 is 10.2 Å². The third-order valence-corrected chi connectivity index (χ3v) is 8.23. The zero-order chi connectivity index (χ0) is 28.5. The van der Waals surface area contributed by atoms with Gasteiger partial charge in [-0.1, -0.05) is 32.0 Å². The van der Waals surface area contributed by atoms with Gasteiger partial charge < -0.3 is 39.2 Å². The maximum Gasteiger partial charge on any atom is 0.288 e. The van der Waals surface area contributed by atoms with Crippen molar-refractivity contribution in [2.75, 3.05) is 64.3 Å². The number of nitrogens with one attached hydrogen (secondary N) is 1. The number of piperidine rings is 1. The average molecular weight is 560 g/mol. The van der Waals surface area contributed by atoms with E-state index >= 15 is 0 Å². The normalized spacial score (nSPS) is 24.3. The molecule has 4 rings (SSSR count). The molecule has 0 unspecified atom stereocenters. The number of rotatable bonds is 13. The molecule has 0 aliphatic carbocycles. The summed E-state index contributed by atoms with van der Waals surface area (Å²) in [4.78, 5) is 30.7. The topological polar surface area (TPSA) is 110 Å². The molecule has 1 spiro atoms. The Labute approximate surface area is 237 Å². The highest BCUT2D eigenvalue weighted by Crippen LogP contribution is 2.39. The van der Waals surface area contributed by atoms with Gasteiger partial charge >= 0.3 is 0 Å². The van der Waals surface area contributed by atoms with Crippen molar-refractivity contribution in [1.29, 1.82) is 0 Å². The molecule has 2 amide bonds. The smallest absolute Gasteiger partial charge is 0.288 e. The number of hydrogen-bond acceptors (Lipinski definition) is 8. The second kappa shape index (κ2) is 14.3. The average Bonchev–Trinajstić information content (AvgIpc) is 3.28. The van der Waals surface area contributed by atoms with Crippen LogP contribution in [0.5, 0.6) is 0 Å². The van der Waals surface area contributed by atoms with Gasteiger partial charge in [0.05, 0.1) is 33.1 Å². The van der Waals surface area contributed by atoms with Crippen LogP contribution in [0.4, 0.5) is 5.69 Å². The Kier molecular flexibility index (Phi) is 10.8. The summed E-state index contributed by atoms with van der Waals surface area (Å²) in [6, 6.07) is 9.96. The minimum atomic E-state index is -0.650. The Bertz CT molecular complexity index is 994. The summed E-state index contributed by atoms with van der Waals surface area (Å²) in [5.41, 5.74) is 0.355. The fraction of sp³-hybridized carbons (Fsp3) is 0.667. The summed E-state index contributed by atoms with van der Waals surface area (Å²) in [6.07, 6.45) is 3.26. The van der Waals surface area contributed by atoms with Crippen LogP contribution in [0.1, 0.15) is 40.0 Å². The zero-order valence-corrected chi connectivity index (χ0v) is 24.0. The maximum atomic E-state index is 13.7. The molecule has 222 valence electrons. The summed E-state index contributed by atoms with van der Waals surface area (Å²) in [5, 5.41) is 11.8. The van der Waals surface area contributed by atoms with Crippen LogP contribution in [0.15, 0.2) is 42.2 Å². The molecule has 2 saturated heterocycles. The molecule has 3 aliphatic heterocycles. The zero-order valence-electron chi connectivity index (χ0n) is 24.0. The number of aliphatic hydroxyl groups is 1. The monoisotopic (exact) mass is 559 g/mol. The predicted octanol–water partition coefficient (Wildman–Crippen LogP) is 2.52. The van der Waals surface area contributed by atoms with E-state index in [1.807, 2.05) is 48.2 Å². The SMILES string of the molecule is CCO[C@H]1OC(C(=O)N2CCC3(CC2)C(=O)NCN3c2ccccc2)=C[C@@H](C(C)C)[C@H]1CCOCCOCCO. The molecular formula is C30H45N3O7. The first kappa shape index (κ1) is 30.3. The molecule has 40 heavy (non-hydrogen) atoms. The number of carbonyl (C=O) groups excluding carboxylic acids is 2. The number of hydrogen-bond donors (Lipinski definition) is 2. The van der Waals surface area contributed by atoms with Crippen LogP contribution in [-0.2, 0) is 28.5 Å². The Morgan fingerprint density at radius 3 is 2.48 bits per heavy atom. The van der Waals surface area contributed by atoms with Gasteiger partial charge in [-0.25, -0.2) is 0 Å². The van der Waals surface area contributed by atoms with Crippen LogP contribution in [0.25, 0.3) is 0 Å². The van der Waals surface area contributed by atoms with Crippen LogP contribution in [0, 0.1) is 17.8 Å². The van der Waals surface area contributed by atoms with Crippen molar-refractivity contribution >= 4 is 17.5 Å². The number of anilines is 1. The summed E-state index contributed by atoms with van der Waals surface area (Å²) in [6.45, 7) is 9.82. The number of amides is 2. The van der Waals surface area contributed by atoms with Crippen molar-refractivity contribution in [2.45, 2.75) is 51.9 Å². The van der Waals surface area contributed by atoms with Gasteiger partial charge in [-0.15, -0.1) is 0 Å². The van der Waals surface area contributed by atoms with E-state index < -0.39 is 11.8 Å². The van der Waals surface area contributed by atoms with E-state index in [4.69, 9.17) is 24.1 Å². The van der Waals surface area contributed by atoms with E-state index in [9.17, 15) is 9.59 Å². The Hall–Kier alpha value is -2.66. The highest BCUT2D eigenvalue weighted by molar-refractivity contribution is 5.95. The first-order valence-corrected chi connectivity index (χ1v) is 14.6. The summed E-state index contributed by atoms with van der Waals surface area (Å²) >= 11 is 0. The van der Waals surface area contributed by atoms with E-state index in [0.29, 0.717) is 71.4 Å². The van der Waals surface area contributed by atoms with E-state index in [1.54, 1.807) is 0 Å². The lowest BCUT2D eigenvalue weighted by atomic mass is 9.79. The van der Waals surface area contributed by atoms with E-state index in [1.165, 1.54) is 0 Å². The molecule has 1 aromatic rings. The van der Waals surface area contributed by atoms with Crippen molar-refractivity contribution in [1.82, 2.24) is 10.2 Å². The molecule has 10 nitrogen and oxygen atoms in total. The molecule has 1 aromatic carbocycles. The Morgan fingerprint density at radius 2 is 1.82 bits per heavy atom. The lowest BCUT2D eigenvalue weighted by molar-refractivity contribution is -0.180. The molecule has 3 atom stereocenters. The summed E-state index contributed by atoms with van der Waals surface area (Å²) in [7, 11) is 0. The fourth-order valence-electron chi connectivity index (χ4n) is 6.06. The number of likely N-dealkylation sites (tertiary alicyclic amines) is 1. The van der Waals surface area contributed by atoms with Gasteiger partial charge in [0.2, 0.25) is 12.2 Å². The second-order valence-electron chi connectivity index (χ2n) is 10.9. The molecule has 10 heteroatoms. The molecule has 0 radical (unpaired) electrons. The molecule has 0 bridgehead atoms. The Morgan fingerprint density at radius 1 is 1.12 bits per heavy atom. The molecule has 0 aromatic heterocycles. The van der Waals surface area contributed by atoms with Gasteiger partial charge in [0.25, 0.3) is 5.91 Å². The molecule has 3 heterocycles. The number of benzene rings is 1. The van der Waals surface area contributed by atoms with Gasteiger partial charge in [-0.2, -0.15) is 0 Å². The highest BCUT2D eigenvalue weighted by atomic mass is 16.7. The molecule has 2 fully saturated rings. The minimum Gasteiger partial charge on any atom is -0.459 e. The summed E-state index contributed by atoms with van der Waals surface area (Å²) < 4.78 is 23.2. The van der Waals surface area contributed by atoms with Crippen molar-refractivity contribution in [3.63, 3.8) is 0 Å². The van der Waals surface area contributed by atoms with E-state index in [0.717, 1.165) is 12.1 Å². The van der Waals surface area contributed by atoms with Crippen molar-refractivity contribution in [2.24, 2.45) is 17.8 Å². The third-order valence-electron chi connectivity index (χ3n) is 8.23. The molecule has 3 aliphatic rings. The lowest BCUT2D eigenvalue weighted by Crippen LogP contribution is -2.57. The lowest BCUT2D eigenvalue weighted by Gasteiger charge is -2.44. The first-order chi connectivity index (χ1) is 19.4. The number of para-hydroxylation sites is 1. The van der Waals surface area contributed by atoms with Gasteiger partial charge in [0.15, 0.2) is 5.76 Å².